The van der Waals surface area contributed by atoms with Crippen molar-refractivity contribution in [3.8, 4) is 5.75 Å². The molecule has 6 nitrogen and oxygen atoms in total. The molecule has 0 heterocycles. The van der Waals surface area contributed by atoms with Crippen LogP contribution in [0.15, 0.2) is 42.5 Å². The van der Waals surface area contributed by atoms with Gasteiger partial charge in [0, 0.05) is 24.8 Å². The zero-order valence-corrected chi connectivity index (χ0v) is 15.8. The molecule has 0 spiro atoms. The quantitative estimate of drug-likeness (QED) is 0.780. The lowest BCUT2D eigenvalue weighted by molar-refractivity contribution is -0.123. The maximum Gasteiger partial charge on any atom is 0.338 e. The van der Waals surface area contributed by atoms with Gasteiger partial charge >= 0.3 is 5.97 Å². The molecule has 1 amide bonds. The van der Waals surface area contributed by atoms with E-state index in [1.165, 1.54) is 14.0 Å². The molecule has 0 bridgehead atoms. The van der Waals surface area contributed by atoms with Crippen LogP contribution in [0.2, 0.25) is 5.02 Å². The molecule has 0 unspecified atom stereocenters. The second-order valence-corrected chi connectivity index (χ2v) is 6.26. The summed E-state index contributed by atoms with van der Waals surface area (Å²) < 4.78 is 10.4. The van der Waals surface area contributed by atoms with Crippen molar-refractivity contribution in [2.24, 2.45) is 0 Å². The first-order chi connectivity index (χ1) is 12.3. The molecule has 1 N–H and O–H groups in total. The Labute approximate surface area is 157 Å². The van der Waals surface area contributed by atoms with E-state index in [4.69, 9.17) is 21.1 Å². The summed E-state index contributed by atoms with van der Waals surface area (Å²) in [7, 11) is 5.23. The highest BCUT2D eigenvalue weighted by molar-refractivity contribution is 6.31. The number of nitrogens with zero attached hydrogens (tertiary/aromatic N) is 1. The van der Waals surface area contributed by atoms with Crippen LogP contribution >= 0.6 is 11.6 Å². The Hall–Kier alpha value is -2.73. The molecule has 0 saturated carbocycles. The van der Waals surface area contributed by atoms with Gasteiger partial charge in [0.1, 0.15) is 5.75 Å². The fourth-order valence-electron chi connectivity index (χ4n) is 2.21. The maximum atomic E-state index is 12.3. The van der Waals surface area contributed by atoms with Crippen LogP contribution in [0.5, 0.6) is 5.75 Å². The van der Waals surface area contributed by atoms with Crippen LogP contribution in [0.25, 0.3) is 0 Å². The molecular formula is C19H21ClN2O4. The number of hydrogen-bond acceptors (Lipinski definition) is 5. The Morgan fingerprint density at radius 3 is 2.54 bits per heavy atom. The van der Waals surface area contributed by atoms with Gasteiger partial charge in [-0.2, -0.15) is 0 Å². The number of carbonyl (C=O) groups excluding carboxylic acids is 2. The third kappa shape index (κ3) is 4.89. The summed E-state index contributed by atoms with van der Waals surface area (Å²) in [6.07, 6.45) is -0.991. The van der Waals surface area contributed by atoms with Gasteiger partial charge in [0.25, 0.3) is 5.91 Å². The number of hydrogen-bond donors (Lipinski definition) is 1. The molecule has 0 aliphatic rings. The molecule has 0 aromatic heterocycles. The third-order valence-corrected chi connectivity index (χ3v) is 3.91. The highest BCUT2D eigenvalue weighted by atomic mass is 35.5. The van der Waals surface area contributed by atoms with Gasteiger partial charge in [0.15, 0.2) is 6.10 Å². The van der Waals surface area contributed by atoms with Crippen molar-refractivity contribution in [1.29, 1.82) is 0 Å². The monoisotopic (exact) mass is 376 g/mol. The lowest BCUT2D eigenvalue weighted by Gasteiger charge is -2.16. The smallest absolute Gasteiger partial charge is 0.338 e. The zero-order valence-electron chi connectivity index (χ0n) is 15.1. The molecule has 2 aromatic rings. The van der Waals surface area contributed by atoms with Crippen molar-refractivity contribution < 1.29 is 19.1 Å². The molecule has 0 saturated heterocycles. The second-order valence-electron chi connectivity index (χ2n) is 5.83. The molecule has 26 heavy (non-hydrogen) atoms. The van der Waals surface area contributed by atoms with E-state index in [1.807, 2.05) is 25.1 Å². The lowest BCUT2D eigenvalue weighted by atomic mass is 10.2. The molecule has 7 heteroatoms. The average Bonchev–Trinajstić information content (AvgIpc) is 2.61. The Morgan fingerprint density at radius 1 is 1.15 bits per heavy atom. The molecule has 0 radical (unpaired) electrons. The molecule has 2 rings (SSSR count). The topological polar surface area (TPSA) is 67.9 Å². The van der Waals surface area contributed by atoms with Gasteiger partial charge in [-0.1, -0.05) is 17.7 Å². The number of ether oxygens (including phenoxy) is 2. The molecule has 2 aromatic carbocycles. The van der Waals surface area contributed by atoms with Gasteiger partial charge in [-0.15, -0.1) is 0 Å². The van der Waals surface area contributed by atoms with E-state index < -0.39 is 18.0 Å². The van der Waals surface area contributed by atoms with Gasteiger partial charge in [-0.25, -0.2) is 4.79 Å². The van der Waals surface area contributed by atoms with Gasteiger partial charge in [-0.3, -0.25) is 4.79 Å². The van der Waals surface area contributed by atoms with Gasteiger partial charge in [0.2, 0.25) is 0 Å². The summed E-state index contributed by atoms with van der Waals surface area (Å²) in [6.45, 7) is 1.50. The number of nitrogens with one attached hydrogen (secondary N) is 1. The van der Waals surface area contributed by atoms with Gasteiger partial charge in [0.05, 0.1) is 18.4 Å². The number of amides is 1. The van der Waals surface area contributed by atoms with Crippen LogP contribution in [-0.4, -0.2) is 39.2 Å². The Balaban J connectivity index is 2.06. The summed E-state index contributed by atoms with van der Waals surface area (Å²) >= 11 is 5.95. The number of rotatable bonds is 6. The van der Waals surface area contributed by atoms with Crippen molar-refractivity contribution in [2.75, 3.05) is 31.4 Å². The summed E-state index contributed by atoms with van der Waals surface area (Å²) in [6, 6.07) is 11.8. The Morgan fingerprint density at radius 2 is 1.88 bits per heavy atom. The van der Waals surface area contributed by atoms with Crippen molar-refractivity contribution in [2.45, 2.75) is 13.0 Å². The SMILES string of the molecule is COc1ccc(Cl)cc1NC(=O)[C@H](C)OC(=O)c1cccc(N(C)C)c1. The van der Waals surface area contributed by atoms with E-state index in [2.05, 4.69) is 5.32 Å². The maximum absolute atomic E-state index is 12.3. The minimum atomic E-state index is -0.991. The number of esters is 1. The fourth-order valence-corrected chi connectivity index (χ4v) is 2.38. The predicted octanol–water partition coefficient (Wildman–Crippen LogP) is 3.60. The standard InChI is InChI=1S/C19H21ClN2O4/c1-12(18(23)21-16-11-14(20)8-9-17(16)25-4)26-19(24)13-6-5-7-15(10-13)22(2)3/h5-12H,1-4H3,(H,21,23)/t12-/m0/s1. The summed E-state index contributed by atoms with van der Waals surface area (Å²) in [4.78, 5) is 26.5. The van der Waals surface area contributed by atoms with Crippen LogP contribution in [-0.2, 0) is 9.53 Å². The van der Waals surface area contributed by atoms with Crippen LogP contribution < -0.4 is 15.0 Å². The van der Waals surface area contributed by atoms with E-state index in [9.17, 15) is 9.59 Å². The molecule has 138 valence electrons. The number of methoxy groups -OCH3 is 1. The van der Waals surface area contributed by atoms with Crippen molar-refractivity contribution in [1.82, 2.24) is 0 Å². The lowest BCUT2D eigenvalue weighted by Crippen LogP contribution is -2.30. The third-order valence-electron chi connectivity index (χ3n) is 3.67. The van der Waals surface area contributed by atoms with Crippen molar-refractivity contribution >= 4 is 34.9 Å². The highest BCUT2D eigenvalue weighted by Gasteiger charge is 2.20. The number of anilines is 2. The summed E-state index contributed by atoms with van der Waals surface area (Å²) in [5, 5.41) is 3.10. The molecule has 1 atom stereocenters. The van der Waals surface area contributed by atoms with E-state index in [0.717, 1.165) is 5.69 Å². The summed E-state index contributed by atoms with van der Waals surface area (Å²) in [5.74, 6) is -0.600. The second kappa shape index (κ2) is 8.58. The van der Waals surface area contributed by atoms with Crippen molar-refractivity contribution in [3.05, 3.63) is 53.1 Å². The van der Waals surface area contributed by atoms with Crippen LogP contribution in [0.4, 0.5) is 11.4 Å². The van der Waals surface area contributed by atoms with Crippen LogP contribution in [0.1, 0.15) is 17.3 Å². The first-order valence-electron chi connectivity index (χ1n) is 7.94. The minimum Gasteiger partial charge on any atom is -0.495 e. The average molecular weight is 377 g/mol. The minimum absolute atomic E-state index is 0.371. The number of benzene rings is 2. The van der Waals surface area contributed by atoms with Gasteiger partial charge in [-0.05, 0) is 43.3 Å². The van der Waals surface area contributed by atoms with Gasteiger partial charge < -0.3 is 19.7 Å². The van der Waals surface area contributed by atoms with Crippen molar-refractivity contribution in [3.63, 3.8) is 0 Å². The number of halogens is 1. The molecule has 0 fully saturated rings. The van der Waals surface area contributed by atoms with E-state index in [0.29, 0.717) is 22.0 Å². The molecule has 0 aliphatic carbocycles. The van der Waals surface area contributed by atoms with E-state index in [1.54, 1.807) is 36.4 Å². The first-order valence-corrected chi connectivity index (χ1v) is 8.32. The fraction of sp³-hybridized carbons (Fsp3) is 0.263. The summed E-state index contributed by atoms with van der Waals surface area (Å²) in [5.41, 5.74) is 1.64. The first kappa shape index (κ1) is 19.6. The Bertz CT molecular complexity index is 808. The van der Waals surface area contributed by atoms with E-state index >= 15 is 0 Å². The number of carbonyl (C=O) groups is 2. The highest BCUT2D eigenvalue weighted by Crippen LogP contribution is 2.28. The zero-order chi connectivity index (χ0) is 19.3. The van der Waals surface area contributed by atoms with Crippen LogP contribution in [0.3, 0.4) is 0 Å². The van der Waals surface area contributed by atoms with E-state index in [-0.39, 0.29) is 0 Å². The molecule has 0 aliphatic heterocycles. The largest absolute Gasteiger partial charge is 0.495 e. The molecular weight excluding hydrogens is 356 g/mol. The Kier molecular flexibility index (Phi) is 6.46. The normalized spacial score (nSPS) is 11.4. The predicted molar refractivity (Wildman–Crippen MR) is 102 cm³/mol. The van der Waals surface area contributed by atoms with Crippen LogP contribution in [0, 0.1) is 0 Å².